The minimum Gasteiger partial charge on any atom is -0.491 e. The predicted octanol–water partition coefficient (Wildman–Crippen LogP) is 2.90. The number of nitrogens with zero attached hydrogens (tertiary/aromatic N) is 2. The highest BCUT2D eigenvalue weighted by molar-refractivity contribution is 7.92. The molecule has 2 aromatic carbocycles. The summed E-state index contributed by atoms with van der Waals surface area (Å²) in [6.07, 6.45) is 4.89. The molecule has 42 heavy (non-hydrogen) atoms. The van der Waals surface area contributed by atoms with E-state index in [4.69, 9.17) is 9.47 Å². The molecule has 3 aliphatic rings. The number of rotatable bonds is 10. The van der Waals surface area contributed by atoms with Crippen molar-refractivity contribution in [3.63, 3.8) is 0 Å². The number of ether oxygens (including phenoxy) is 2. The summed E-state index contributed by atoms with van der Waals surface area (Å²) < 4.78 is 65.4. The average molecular weight is 616 g/mol. The Hall–Kier alpha value is -2.61. The standard InChI is InChI=1S/C30H37N3O7S2/c34-24(21-39-25-6-3-9-27(16-25)41(35,36)26-7-4-8-26)18-31-23-17-30(40-20-23)11-13-33(14-12-30)42(37,38)28-15-22-5-1-2-10-29(22)32-19-28/h1-3,5-6,9-10,15-16,19,23-24,26,31,34H,4,7-8,11-14,17-18,20-21H2. The molecular formula is C30H37N3O7S2. The lowest BCUT2D eigenvalue weighted by atomic mass is 9.88. The van der Waals surface area contributed by atoms with Crippen molar-refractivity contribution in [3.8, 4) is 5.75 Å². The molecule has 2 atom stereocenters. The minimum absolute atomic E-state index is 0.0229. The van der Waals surface area contributed by atoms with E-state index >= 15 is 0 Å². The van der Waals surface area contributed by atoms with Crippen LogP contribution in [0.2, 0.25) is 0 Å². The van der Waals surface area contributed by atoms with Gasteiger partial charge in [0.2, 0.25) is 10.0 Å². The van der Waals surface area contributed by atoms with Crippen molar-refractivity contribution < 1.29 is 31.4 Å². The van der Waals surface area contributed by atoms with E-state index in [1.165, 1.54) is 16.6 Å². The van der Waals surface area contributed by atoms with Crippen molar-refractivity contribution in [2.45, 2.75) is 71.3 Å². The largest absolute Gasteiger partial charge is 0.491 e. The van der Waals surface area contributed by atoms with Crippen LogP contribution in [0, 0.1) is 0 Å². The highest BCUT2D eigenvalue weighted by Crippen LogP contribution is 2.37. The summed E-state index contributed by atoms with van der Waals surface area (Å²) in [6.45, 7) is 1.53. The zero-order valence-corrected chi connectivity index (χ0v) is 25.0. The zero-order valence-electron chi connectivity index (χ0n) is 23.4. The van der Waals surface area contributed by atoms with Gasteiger partial charge in [0.1, 0.15) is 23.4 Å². The summed E-state index contributed by atoms with van der Waals surface area (Å²) in [7, 11) is -7.00. The summed E-state index contributed by atoms with van der Waals surface area (Å²) in [6, 6.07) is 15.6. The molecule has 0 radical (unpaired) electrons. The first kappa shape index (κ1) is 29.5. The SMILES string of the molecule is O=S(=O)(c1cccc(OCC(O)CNC2COC3(CCN(S(=O)(=O)c4cnc5ccccc5c4)CC3)C2)c1)C1CCC1. The van der Waals surface area contributed by atoms with Gasteiger partial charge in [0.05, 0.1) is 27.9 Å². The third-order valence-corrected chi connectivity index (χ3v) is 12.9. The summed E-state index contributed by atoms with van der Waals surface area (Å²) in [5.74, 6) is 0.416. The molecule has 2 saturated heterocycles. The monoisotopic (exact) mass is 615 g/mol. The predicted molar refractivity (Wildman–Crippen MR) is 158 cm³/mol. The number of hydrogen-bond acceptors (Lipinski definition) is 9. The molecule has 1 spiro atoms. The lowest BCUT2D eigenvalue weighted by Gasteiger charge is -2.38. The molecular weight excluding hydrogens is 578 g/mol. The van der Waals surface area contributed by atoms with Crippen LogP contribution >= 0.6 is 0 Å². The Morgan fingerprint density at radius 2 is 1.83 bits per heavy atom. The number of piperidine rings is 1. The molecule has 3 aromatic rings. The van der Waals surface area contributed by atoms with Crippen molar-refractivity contribution in [1.82, 2.24) is 14.6 Å². The van der Waals surface area contributed by atoms with Crippen LogP contribution in [0.15, 0.2) is 70.6 Å². The Balaban J connectivity index is 0.967. The lowest BCUT2D eigenvalue weighted by Crippen LogP contribution is -2.47. The minimum atomic E-state index is -3.66. The van der Waals surface area contributed by atoms with Gasteiger partial charge in [-0.05, 0) is 62.4 Å². The van der Waals surface area contributed by atoms with Crippen molar-refractivity contribution in [2.75, 3.05) is 32.8 Å². The van der Waals surface area contributed by atoms with Crippen LogP contribution in [0.4, 0.5) is 0 Å². The number of aliphatic hydroxyl groups is 1. The first-order valence-electron chi connectivity index (χ1n) is 14.5. The molecule has 226 valence electrons. The van der Waals surface area contributed by atoms with Crippen LogP contribution in [0.25, 0.3) is 10.9 Å². The normalized spacial score (nSPS) is 22.3. The Kier molecular flexibility index (Phi) is 8.29. The van der Waals surface area contributed by atoms with Crippen LogP contribution < -0.4 is 10.1 Å². The van der Waals surface area contributed by atoms with Gasteiger partial charge < -0.3 is 19.9 Å². The van der Waals surface area contributed by atoms with Gasteiger partial charge >= 0.3 is 0 Å². The van der Waals surface area contributed by atoms with E-state index < -0.39 is 26.0 Å². The molecule has 2 N–H and O–H groups in total. The van der Waals surface area contributed by atoms with E-state index in [-0.39, 0.29) is 33.3 Å². The average Bonchev–Trinajstić information content (AvgIpc) is 3.36. The van der Waals surface area contributed by atoms with Crippen molar-refractivity contribution in [3.05, 3.63) is 60.8 Å². The lowest BCUT2D eigenvalue weighted by molar-refractivity contribution is -0.0312. The second-order valence-corrected chi connectivity index (χ2v) is 15.8. The zero-order chi connectivity index (χ0) is 29.4. The molecule has 1 aromatic heterocycles. The second-order valence-electron chi connectivity index (χ2n) is 11.6. The number of aliphatic hydroxyl groups excluding tert-OH is 1. The molecule has 1 aliphatic carbocycles. The molecule has 2 aliphatic heterocycles. The van der Waals surface area contributed by atoms with Gasteiger partial charge in [-0.3, -0.25) is 4.98 Å². The molecule has 0 bridgehead atoms. The van der Waals surface area contributed by atoms with E-state index in [1.807, 2.05) is 24.3 Å². The van der Waals surface area contributed by atoms with Crippen LogP contribution in [-0.4, -0.2) is 87.1 Å². The van der Waals surface area contributed by atoms with Gasteiger partial charge in [-0.25, -0.2) is 16.8 Å². The van der Waals surface area contributed by atoms with Gasteiger partial charge in [0.25, 0.3) is 0 Å². The maximum Gasteiger partial charge on any atom is 0.244 e. The van der Waals surface area contributed by atoms with Crippen molar-refractivity contribution in [1.29, 1.82) is 0 Å². The fraction of sp³-hybridized carbons (Fsp3) is 0.500. The second kappa shape index (κ2) is 11.8. The summed E-state index contributed by atoms with van der Waals surface area (Å²) in [5.41, 5.74) is 0.367. The van der Waals surface area contributed by atoms with E-state index in [0.29, 0.717) is 57.7 Å². The molecule has 2 unspecified atom stereocenters. The number of aromatic nitrogens is 1. The third-order valence-electron chi connectivity index (χ3n) is 8.76. The molecule has 3 heterocycles. The smallest absolute Gasteiger partial charge is 0.244 e. The van der Waals surface area contributed by atoms with Crippen LogP contribution in [0.3, 0.4) is 0 Å². The number of sulfone groups is 1. The number of pyridine rings is 1. The molecule has 3 fully saturated rings. The number of para-hydroxylation sites is 1. The number of nitrogens with one attached hydrogen (secondary N) is 1. The maximum atomic E-state index is 13.3. The van der Waals surface area contributed by atoms with E-state index in [1.54, 1.807) is 24.3 Å². The Labute approximate surface area is 247 Å². The summed E-state index contributed by atoms with van der Waals surface area (Å²) >= 11 is 0. The van der Waals surface area contributed by atoms with Gasteiger partial charge in [-0.1, -0.05) is 30.7 Å². The molecule has 10 nitrogen and oxygen atoms in total. The maximum absolute atomic E-state index is 13.3. The Bertz CT molecular complexity index is 1640. The first-order valence-corrected chi connectivity index (χ1v) is 17.5. The summed E-state index contributed by atoms with van der Waals surface area (Å²) in [5, 5.41) is 14.3. The quantitative estimate of drug-likeness (QED) is 0.353. The van der Waals surface area contributed by atoms with E-state index in [0.717, 1.165) is 23.7 Å². The van der Waals surface area contributed by atoms with E-state index in [2.05, 4.69) is 10.3 Å². The fourth-order valence-electron chi connectivity index (χ4n) is 5.97. The van der Waals surface area contributed by atoms with Crippen LogP contribution in [-0.2, 0) is 24.6 Å². The topological polar surface area (TPSA) is 135 Å². The Morgan fingerprint density at radius 3 is 2.60 bits per heavy atom. The molecule has 12 heteroatoms. The van der Waals surface area contributed by atoms with Gasteiger partial charge in [0, 0.05) is 37.3 Å². The number of hydrogen-bond donors (Lipinski definition) is 2. The number of sulfonamides is 1. The van der Waals surface area contributed by atoms with Crippen LogP contribution in [0.1, 0.15) is 38.5 Å². The third kappa shape index (κ3) is 6.06. The highest BCUT2D eigenvalue weighted by Gasteiger charge is 2.44. The van der Waals surface area contributed by atoms with Crippen molar-refractivity contribution >= 4 is 30.8 Å². The molecule has 6 rings (SSSR count). The van der Waals surface area contributed by atoms with E-state index in [9.17, 15) is 21.9 Å². The van der Waals surface area contributed by atoms with Gasteiger partial charge in [-0.15, -0.1) is 0 Å². The molecule has 0 amide bonds. The first-order chi connectivity index (χ1) is 20.1. The van der Waals surface area contributed by atoms with Gasteiger partial charge in [-0.2, -0.15) is 4.31 Å². The number of fused-ring (bicyclic) bond motifs is 1. The van der Waals surface area contributed by atoms with Gasteiger partial charge in [0.15, 0.2) is 9.84 Å². The highest BCUT2D eigenvalue weighted by atomic mass is 32.2. The van der Waals surface area contributed by atoms with Crippen molar-refractivity contribution in [2.24, 2.45) is 0 Å². The summed E-state index contributed by atoms with van der Waals surface area (Å²) in [4.78, 5) is 4.78. The number of benzene rings is 2. The molecule has 1 saturated carbocycles. The Morgan fingerprint density at radius 1 is 1.05 bits per heavy atom. The fourth-order valence-corrected chi connectivity index (χ4v) is 9.28. The van der Waals surface area contributed by atoms with Crippen LogP contribution in [0.5, 0.6) is 5.75 Å².